The smallest absolute Gasteiger partial charge is 0.321 e. The van der Waals surface area contributed by atoms with Gasteiger partial charge in [-0.15, -0.1) is 0 Å². The Bertz CT molecular complexity index is 885. The van der Waals surface area contributed by atoms with E-state index in [1.54, 1.807) is 26.4 Å². The second-order valence-corrected chi connectivity index (χ2v) is 10.0. The SMILES string of the molecule is COc1ccc(NC(=O)N2CCC(N3C[C@H]4C[C@H](C3)[C@H]3CCCC(=O)N3C4)CC2)cc1OC. The molecule has 1 aromatic carbocycles. The first-order valence-electron chi connectivity index (χ1n) is 12.4. The lowest BCUT2D eigenvalue weighted by Gasteiger charge is -2.54. The summed E-state index contributed by atoms with van der Waals surface area (Å²) in [6.07, 6.45) is 6.25. The molecule has 4 heterocycles. The van der Waals surface area contributed by atoms with Crippen LogP contribution in [-0.2, 0) is 4.79 Å². The first-order chi connectivity index (χ1) is 16.1. The highest BCUT2D eigenvalue weighted by Gasteiger charge is 2.45. The van der Waals surface area contributed by atoms with E-state index < -0.39 is 0 Å². The maximum absolute atomic E-state index is 12.8. The molecule has 4 saturated heterocycles. The quantitative estimate of drug-likeness (QED) is 0.754. The van der Waals surface area contributed by atoms with Gasteiger partial charge in [0.2, 0.25) is 5.91 Å². The average molecular weight is 457 g/mol. The van der Waals surface area contributed by atoms with Gasteiger partial charge < -0.3 is 24.6 Å². The summed E-state index contributed by atoms with van der Waals surface area (Å²) < 4.78 is 10.6. The summed E-state index contributed by atoms with van der Waals surface area (Å²) in [5.74, 6) is 2.84. The monoisotopic (exact) mass is 456 g/mol. The standard InChI is InChI=1S/C25H36N4O4/c1-32-22-7-6-19(13-23(22)33-2)26-25(31)27-10-8-20(9-11-27)28-14-17-12-18(16-28)21-4-3-5-24(30)29(21)15-17/h6-7,13,17-18,20-21H,3-5,8-12,14-16H2,1-2H3,(H,26,31)/t17-,18-,21-/m1/s1. The highest BCUT2D eigenvalue weighted by atomic mass is 16.5. The molecule has 5 rings (SSSR count). The van der Waals surface area contributed by atoms with Crippen LogP contribution < -0.4 is 14.8 Å². The van der Waals surface area contributed by atoms with Gasteiger partial charge in [-0.3, -0.25) is 9.69 Å². The molecule has 0 unspecified atom stereocenters. The number of benzene rings is 1. The molecule has 3 atom stereocenters. The lowest BCUT2D eigenvalue weighted by Crippen LogP contribution is -2.62. The molecule has 0 saturated carbocycles. The van der Waals surface area contributed by atoms with Crippen molar-refractivity contribution in [3.05, 3.63) is 18.2 Å². The fraction of sp³-hybridized carbons (Fsp3) is 0.680. The van der Waals surface area contributed by atoms with Crippen LogP contribution in [0.5, 0.6) is 11.5 Å². The van der Waals surface area contributed by atoms with Crippen LogP contribution in [0, 0.1) is 11.8 Å². The summed E-state index contributed by atoms with van der Waals surface area (Å²) in [6, 6.07) is 6.35. The third-order valence-electron chi connectivity index (χ3n) is 8.11. The van der Waals surface area contributed by atoms with Crippen molar-refractivity contribution in [2.24, 2.45) is 11.8 Å². The van der Waals surface area contributed by atoms with Gasteiger partial charge in [0.05, 0.1) is 14.2 Å². The minimum Gasteiger partial charge on any atom is -0.493 e. The van der Waals surface area contributed by atoms with Gasteiger partial charge in [-0.05, 0) is 56.1 Å². The number of fused-ring (bicyclic) bond motifs is 4. The van der Waals surface area contributed by atoms with Crippen molar-refractivity contribution in [1.29, 1.82) is 0 Å². The molecule has 1 aromatic rings. The number of anilines is 1. The number of urea groups is 1. The minimum atomic E-state index is -0.0625. The zero-order chi connectivity index (χ0) is 22.9. The van der Waals surface area contributed by atoms with E-state index >= 15 is 0 Å². The van der Waals surface area contributed by atoms with Crippen molar-refractivity contribution in [3.8, 4) is 11.5 Å². The van der Waals surface area contributed by atoms with E-state index in [4.69, 9.17) is 9.47 Å². The molecule has 3 amide bonds. The van der Waals surface area contributed by atoms with E-state index in [2.05, 4.69) is 15.1 Å². The van der Waals surface area contributed by atoms with Crippen molar-refractivity contribution in [2.75, 3.05) is 52.3 Å². The van der Waals surface area contributed by atoms with Crippen molar-refractivity contribution >= 4 is 17.6 Å². The molecule has 1 N–H and O–H groups in total. The van der Waals surface area contributed by atoms with E-state index in [-0.39, 0.29) is 6.03 Å². The van der Waals surface area contributed by atoms with E-state index in [1.807, 2.05) is 11.0 Å². The second-order valence-electron chi connectivity index (χ2n) is 10.0. The van der Waals surface area contributed by atoms with Crippen LogP contribution in [0.1, 0.15) is 38.5 Å². The Hall–Kier alpha value is -2.48. The number of piperidine rings is 4. The van der Waals surface area contributed by atoms with E-state index in [0.29, 0.717) is 47.0 Å². The van der Waals surface area contributed by atoms with Crippen molar-refractivity contribution in [1.82, 2.24) is 14.7 Å². The maximum atomic E-state index is 12.8. The number of likely N-dealkylation sites (tertiary alicyclic amines) is 2. The van der Waals surface area contributed by atoms with Gasteiger partial charge in [0.1, 0.15) is 0 Å². The van der Waals surface area contributed by atoms with Crippen LogP contribution >= 0.6 is 0 Å². The Morgan fingerprint density at radius 1 is 1.03 bits per heavy atom. The molecule has 0 spiro atoms. The topological polar surface area (TPSA) is 74.4 Å². The Kier molecular flexibility index (Phi) is 6.36. The van der Waals surface area contributed by atoms with Gasteiger partial charge in [-0.1, -0.05) is 0 Å². The summed E-state index contributed by atoms with van der Waals surface area (Å²) in [4.78, 5) is 32.0. The Balaban J connectivity index is 1.15. The molecule has 180 valence electrons. The summed E-state index contributed by atoms with van der Waals surface area (Å²) in [7, 11) is 3.19. The molecule has 0 radical (unpaired) electrons. The first kappa shape index (κ1) is 22.3. The summed E-state index contributed by atoms with van der Waals surface area (Å²) in [5.41, 5.74) is 0.704. The molecule has 0 aliphatic carbocycles. The number of carbonyl (C=O) groups is 2. The van der Waals surface area contributed by atoms with Crippen LogP contribution in [0.4, 0.5) is 10.5 Å². The van der Waals surface area contributed by atoms with Crippen molar-refractivity contribution in [2.45, 2.75) is 50.6 Å². The van der Waals surface area contributed by atoms with Crippen LogP contribution in [0.3, 0.4) is 0 Å². The van der Waals surface area contributed by atoms with Crippen LogP contribution in [0.2, 0.25) is 0 Å². The van der Waals surface area contributed by atoms with Gasteiger partial charge in [-0.2, -0.15) is 0 Å². The highest BCUT2D eigenvalue weighted by molar-refractivity contribution is 5.89. The predicted octanol–water partition coefficient (Wildman–Crippen LogP) is 3.03. The fourth-order valence-electron chi connectivity index (χ4n) is 6.50. The number of hydrogen-bond acceptors (Lipinski definition) is 5. The third kappa shape index (κ3) is 4.50. The maximum Gasteiger partial charge on any atom is 0.321 e. The van der Waals surface area contributed by atoms with Crippen LogP contribution in [0.25, 0.3) is 0 Å². The number of hydrogen-bond donors (Lipinski definition) is 1. The number of amides is 3. The summed E-state index contributed by atoms with van der Waals surface area (Å²) >= 11 is 0. The lowest BCUT2D eigenvalue weighted by molar-refractivity contribution is -0.145. The molecule has 4 fully saturated rings. The minimum absolute atomic E-state index is 0.0625. The number of carbonyl (C=O) groups excluding carboxylic acids is 2. The number of nitrogens with one attached hydrogen (secondary N) is 1. The molecular weight excluding hydrogens is 420 g/mol. The summed E-state index contributed by atoms with van der Waals surface area (Å²) in [5, 5.41) is 3.00. The normalized spacial score (nSPS) is 28.3. The average Bonchev–Trinajstić information content (AvgIpc) is 2.84. The molecule has 8 nitrogen and oxygen atoms in total. The van der Waals surface area contributed by atoms with Crippen molar-refractivity contribution in [3.63, 3.8) is 0 Å². The Morgan fingerprint density at radius 3 is 2.58 bits per heavy atom. The van der Waals surface area contributed by atoms with E-state index in [9.17, 15) is 9.59 Å². The molecule has 0 aromatic heterocycles. The Morgan fingerprint density at radius 2 is 1.82 bits per heavy atom. The molecule has 4 aliphatic rings. The zero-order valence-corrected chi connectivity index (χ0v) is 19.8. The number of rotatable bonds is 4. The van der Waals surface area contributed by atoms with Gasteiger partial charge in [-0.25, -0.2) is 4.79 Å². The van der Waals surface area contributed by atoms with Gasteiger partial charge in [0.25, 0.3) is 0 Å². The van der Waals surface area contributed by atoms with Crippen LogP contribution in [-0.4, -0.2) is 85.7 Å². The molecule has 33 heavy (non-hydrogen) atoms. The number of nitrogens with zero attached hydrogens (tertiary/aromatic N) is 3. The van der Waals surface area contributed by atoms with Gasteiger partial charge >= 0.3 is 6.03 Å². The second kappa shape index (κ2) is 9.41. The number of ether oxygens (including phenoxy) is 2. The summed E-state index contributed by atoms with van der Waals surface area (Å²) in [6.45, 7) is 4.68. The molecule has 4 aliphatic heterocycles. The van der Waals surface area contributed by atoms with Crippen LogP contribution in [0.15, 0.2) is 18.2 Å². The molecule has 2 bridgehead atoms. The Labute approximate surface area is 196 Å². The molecule has 8 heteroatoms. The molecular formula is C25H36N4O4. The number of methoxy groups -OCH3 is 2. The first-order valence-corrected chi connectivity index (χ1v) is 12.4. The highest BCUT2D eigenvalue weighted by Crippen LogP contribution is 2.39. The van der Waals surface area contributed by atoms with Gasteiger partial charge in [0, 0.05) is 63.0 Å². The predicted molar refractivity (Wildman–Crippen MR) is 126 cm³/mol. The fourth-order valence-corrected chi connectivity index (χ4v) is 6.50. The van der Waals surface area contributed by atoms with E-state index in [0.717, 1.165) is 58.4 Å². The van der Waals surface area contributed by atoms with Crippen molar-refractivity contribution < 1.29 is 19.1 Å². The van der Waals surface area contributed by atoms with Gasteiger partial charge in [0.15, 0.2) is 11.5 Å². The van der Waals surface area contributed by atoms with E-state index in [1.165, 1.54) is 12.8 Å². The zero-order valence-electron chi connectivity index (χ0n) is 19.8. The third-order valence-corrected chi connectivity index (χ3v) is 8.11. The largest absolute Gasteiger partial charge is 0.493 e. The lowest BCUT2D eigenvalue weighted by atomic mass is 9.75.